The number of hydrogen-bond acceptors (Lipinski definition) is 2. The zero-order valence-corrected chi connectivity index (χ0v) is 6.28. The van der Waals surface area contributed by atoms with Gasteiger partial charge < -0.3 is 5.21 Å². The van der Waals surface area contributed by atoms with Crippen LogP contribution in [0.4, 0.5) is 0 Å². The van der Waals surface area contributed by atoms with E-state index in [1.54, 1.807) is 12.1 Å². The van der Waals surface area contributed by atoms with E-state index in [2.05, 4.69) is 0 Å². The summed E-state index contributed by atoms with van der Waals surface area (Å²) >= 11 is 0. The number of rotatable bonds is 2. The maximum absolute atomic E-state index is 10.6. The third-order valence-corrected chi connectivity index (χ3v) is 1.32. The summed E-state index contributed by atoms with van der Waals surface area (Å²) in [6.07, 6.45) is 3.18. The Kier molecular flexibility index (Phi) is 2.21. The monoisotopic (exact) mass is 151 g/mol. The van der Waals surface area contributed by atoms with E-state index in [4.69, 9.17) is 0 Å². The highest BCUT2D eigenvalue weighted by atomic mass is 16.5. The minimum atomic E-state index is 0.105. The average molecular weight is 151 g/mol. The van der Waals surface area contributed by atoms with Crippen LogP contribution in [0.25, 0.3) is 0 Å². The lowest BCUT2D eigenvalue weighted by molar-refractivity contribution is -0.605. The normalized spacial score (nSPS) is 9.55. The SMILES string of the molecule is CC(=O)Cc1cc[n+]([O-])cc1. The molecule has 0 N–H and O–H groups in total. The molecule has 0 atom stereocenters. The molecule has 0 amide bonds. The summed E-state index contributed by atoms with van der Waals surface area (Å²) in [4.78, 5) is 10.6. The molecule has 0 unspecified atom stereocenters. The molecule has 1 heterocycles. The largest absolute Gasteiger partial charge is 0.619 e. The molecule has 11 heavy (non-hydrogen) atoms. The molecule has 0 aromatic carbocycles. The van der Waals surface area contributed by atoms with Crippen LogP contribution in [0.3, 0.4) is 0 Å². The molecule has 1 aromatic heterocycles. The molecule has 0 spiro atoms. The molecule has 0 aliphatic carbocycles. The lowest BCUT2D eigenvalue weighted by Gasteiger charge is -1.96. The summed E-state index contributed by atoms with van der Waals surface area (Å²) in [5.41, 5.74) is 0.879. The summed E-state index contributed by atoms with van der Waals surface area (Å²) in [6.45, 7) is 1.53. The molecule has 0 bridgehead atoms. The van der Waals surface area contributed by atoms with E-state index in [0.717, 1.165) is 5.56 Å². The summed E-state index contributed by atoms with van der Waals surface area (Å²) in [7, 11) is 0. The lowest BCUT2D eigenvalue weighted by atomic mass is 10.1. The van der Waals surface area contributed by atoms with Crippen LogP contribution < -0.4 is 4.73 Å². The smallest absolute Gasteiger partial charge is 0.180 e. The maximum atomic E-state index is 10.6. The Morgan fingerprint density at radius 1 is 1.55 bits per heavy atom. The Bertz CT molecular complexity index is 253. The van der Waals surface area contributed by atoms with Gasteiger partial charge in [0.1, 0.15) is 5.78 Å². The molecule has 3 heteroatoms. The second-order valence-electron chi connectivity index (χ2n) is 2.45. The van der Waals surface area contributed by atoms with Crippen LogP contribution in [0.1, 0.15) is 12.5 Å². The van der Waals surface area contributed by atoms with Crippen LogP contribution in [-0.4, -0.2) is 5.78 Å². The molecule has 1 rings (SSSR count). The van der Waals surface area contributed by atoms with E-state index in [1.165, 1.54) is 19.3 Å². The molecular weight excluding hydrogens is 142 g/mol. The molecule has 0 saturated heterocycles. The number of carbonyl (C=O) groups is 1. The molecule has 3 nitrogen and oxygen atoms in total. The van der Waals surface area contributed by atoms with E-state index in [9.17, 15) is 10.0 Å². The molecule has 0 aliphatic rings. The van der Waals surface area contributed by atoms with Crippen LogP contribution in [0.5, 0.6) is 0 Å². The van der Waals surface area contributed by atoms with Crippen molar-refractivity contribution >= 4 is 5.78 Å². The zero-order valence-electron chi connectivity index (χ0n) is 6.28. The highest BCUT2D eigenvalue weighted by Gasteiger charge is 1.97. The number of ketones is 1. The quantitative estimate of drug-likeness (QED) is 0.455. The Labute approximate surface area is 64.9 Å². The maximum Gasteiger partial charge on any atom is 0.180 e. The standard InChI is InChI=1S/C8H9NO2/c1-7(10)6-8-2-4-9(11)5-3-8/h2-5H,6H2,1H3. The van der Waals surface area contributed by atoms with Crippen LogP contribution in [-0.2, 0) is 11.2 Å². The predicted octanol–water partition coefficient (Wildman–Crippen LogP) is 0.452. The Hall–Kier alpha value is -1.38. The van der Waals surface area contributed by atoms with E-state index in [0.29, 0.717) is 11.2 Å². The van der Waals surface area contributed by atoms with Crippen molar-refractivity contribution in [3.8, 4) is 0 Å². The fraction of sp³-hybridized carbons (Fsp3) is 0.250. The second kappa shape index (κ2) is 3.14. The van der Waals surface area contributed by atoms with Crippen LogP contribution in [0.2, 0.25) is 0 Å². The number of nitrogens with zero attached hydrogens (tertiary/aromatic N) is 1. The summed E-state index contributed by atoms with van der Waals surface area (Å²) in [5, 5.41) is 10.5. The highest BCUT2D eigenvalue weighted by molar-refractivity contribution is 5.77. The second-order valence-corrected chi connectivity index (χ2v) is 2.45. The third-order valence-electron chi connectivity index (χ3n) is 1.32. The van der Waals surface area contributed by atoms with Gasteiger partial charge in [0.25, 0.3) is 0 Å². The van der Waals surface area contributed by atoms with Gasteiger partial charge in [-0.25, -0.2) is 0 Å². The number of carbonyl (C=O) groups excluding carboxylic acids is 1. The van der Waals surface area contributed by atoms with Crippen LogP contribution in [0, 0.1) is 5.21 Å². The van der Waals surface area contributed by atoms with Gasteiger partial charge in [0.05, 0.1) is 0 Å². The van der Waals surface area contributed by atoms with Gasteiger partial charge in [0, 0.05) is 18.6 Å². The first-order chi connectivity index (χ1) is 5.18. The van der Waals surface area contributed by atoms with Gasteiger partial charge >= 0.3 is 0 Å². The van der Waals surface area contributed by atoms with E-state index >= 15 is 0 Å². The van der Waals surface area contributed by atoms with Crippen molar-refractivity contribution in [1.29, 1.82) is 0 Å². The summed E-state index contributed by atoms with van der Waals surface area (Å²) < 4.78 is 0.698. The first-order valence-electron chi connectivity index (χ1n) is 3.35. The summed E-state index contributed by atoms with van der Waals surface area (Å²) in [5.74, 6) is 0.105. The number of aromatic nitrogens is 1. The molecule has 0 saturated carbocycles. The number of hydrogen-bond donors (Lipinski definition) is 0. The Morgan fingerprint density at radius 3 is 2.55 bits per heavy atom. The Morgan fingerprint density at radius 2 is 2.09 bits per heavy atom. The lowest BCUT2D eigenvalue weighted by Crippen LogP contribution is -2.23. The van der Waals surface area contributed by atoms with Gasteiger partial charge in [-0.2, -0.15) is 4.73 Å². The van der Waals surface area contributed by atoms with Crippen molar-refractivity contribution in [2.75, 3.05) is 0 Å². The van der Waals surface area contributed by atoms with Crippen molar-refractivity contribution in [3.05, 3.63) is 35.3 Å². The van der Waals surface area contributed by atoms with Crippen LogP contribution >= 0.6 is 0 Å². The first-order valence-corrected chi connectivity index (χ1v) is 3.35. The number of Topliss-reactive ketones (excluding diaryl/α,β-unsaturated/α-hetero) is 1. The fourth-order valence-corrected chi connectivity index (χ4v) is 0.849. The molecule has 0 fully saturated rings. The van der Waals surface area contributed by atoms with Crippen molar-refractivity contribution in [2.24, 2.45) is 0 Å². The van der Waals surface area contributed by atoms with Gasteiger partial charge in [0.15, 0.2) is 12.4 Å². The molecule has 1 aromatic rings. The van der Waals surface area contributed by atoms with E-state index in [-0.39, 0.29) is 5.78 Å². The van der Waals surface area contributed by atoms with Crippen LogP contribution in [0.15, 0.2) is 24.5 Å². The van der Waals surface area contributed by atoms with Crippen molar-refractivity contribution in [3.63, 3.8) is 0 Å². The fourth-order valence-electron chi connectivity index (χ4n) is 0.849. The predicted molar refractivity (Wildman–Crippen MR) is 39.8 cm³/mol. The van der Waals surface area contributed by atoms with Gasteiger partial charge in [0.2, 0.25) is 0 Å². The van der Waals surface area contributed by atoms with Gasteiger partial charge in [-0.05, 0) is 12.5 Å². The average Bonchev–Trinajstić information content (AvgIpc) is 1.93. The minimum Gasteiger partial charge on any atom is -0.619 e. The van der Waals surface area contributed by atoms with E-state index in [1.807, 2.05) is 0 Å². The van der Waals surface area contributed by atoms with Crippen molar-refractivity contribution in [1.82, 2.24) is 0 Å². The Balaban J connectivity index is 2.74. The minimum absolute atomic E-state index is 0.105. The molecule has 0 radical (unpaired) electrons. The van der Waals surface area contributed by atoms with E-state index < -0.39 is 0 Å². The third kappa shape index (κ3) is 2.37. The van der Waals surface area contributed by atoms with Gasteiger partial charge in [-0.15, -0.1) is 0 Å². The number of pyridine rings is 1. The topological polar surface area (TPSA) is 44.0 Å². The molecular formula is C8H9NO2. The molecule has 0 aliphatic heterocycles. The van der Waals surface area contributed by atoms with Gasteiger partial charge in [-0.3, -0.25) is 4.79 Å². The molecule has 58 valence electrons. The highest BCUT2D eigenvalue weighted by Crippen LogP contribution is 1.96. The van der Waals surface area contributed by atoms with Gasteiger partial charge in [-0.1, -0.05) is 0 Å². The summed E-state index contributed by atoms with van der Waals surface area (Å²) in [6, 6.07) is 3.29. The van der Waals surface area contributed by atoms with Crippen molar-refractivity contribution in [2.45, 2.75) is 13.3 Å². The zero-order chi connectivity index (χ0) is 8.27. The first kappa shape index (κ1) is 7.72. The van der Waals surface area contributed by atoms with Crippen molar-refractivity contribution < 1.29 is 9.52 Å².